The van der Waals surface area contributed by atoms with Crippen LogP contribution in [0, 0.1) is 18.2 Å². The molecular formula is C25H27F4N5O2. The average Bonchev–Trinajstić information content (AvgIpc) is 3.22. The van der Waals surface area contributed by atoms with Gasteiger partial charge in [-0.2, -0.15) is 18.3 Å². The molecule has 1 fully saturated rings. The first kappa shape index (κ1) is 25.6. The molecule has 2 aromatic heterocycles. The van der Waals surface area contributed by atoms with E-state index < -0.39 is 28.9 Å². The molecule has 3 aromatic rings. The van der Waals surface area contributed by atoms with Crippen molar-refractivity contribution in [3.05, 3.63) is 70.8 Å². The molecule has 192 valence electrons. The highest BCUT2D eigenvalue weighted by Gasteiger charge is 2.45. The Kier molecular flexibility index (Phi) is 7.03. The van der Waals surface area contributed by atoms with Crippen LogP contribution < -0.4 is 5.32 Å². The minimum Gasteiger partial charge on any atom is -0.481 e. The number of aromatic amines is 1. The molecule has 1 aliphatic rings. The average molecular weight is 506 g/mol. The number of carbonyl (C=O) groups is 1. The number of piperidine rings is 1. The Balaban J connectivity index is 1.49. The summed E-state index contributed by atoms with van der Waals surface area (Å²) in [5.41, 5.74) is -0.605. The first-order valence-corrected chi connectivity index (χ1v) is 11.5. The lowest BCUT2D eigenvalue weighted by Crippen LogP contribution is -2.49. The van der Waals surface area contributed by atoms with Crippen molar-refractivity contribution in [1.82, 2.24) is 20.1 Å². The van der Waals surface area contributed by atoms with E-state index in [0.717, 1.165) is 17.8 Å². The summed E-state index contributed by atoms with van der Waals surface area (Å²) in [4.78, 5) is 18.7. The fraction of sp³-hybridized carbons (Fsp3) is 0.400. The summed E-state index contributed by atoms with van der Waals surface area (Å²) in [6.45, 7) is 4.27. The molecule has 0 amide bonds. The number of aromatic nitrogens is 3. The van der Waals surface area contributed by atoms with Gasteiger partial charge in [-0.1, -0.05) is 18.2 Å². The van der Waals surface area contributed by atoms with Crippen molar-refractivity contribution < 1.29 is 27.5 Å². The van der Waals surface area contributed by atoms with Crippen molar-refractivity contribution >= 4 is 17.6 Å². The summed E-state index contributed by atoms with van der Waals surface area (Å²) in [5, 5.41) is 20.0. The predicted octanol–water partition coefficient (Wildman–Crippen LogP) is 5.31. The Bertz CT molecular complexity index is 1250. The van der Waals surface area contributed by atoms with E-state index in [1.54, 1.807) is 12.1 Å². The molecule has 1 aliphatic heterocycles. The molecular weight excluding hydrogens is 478 g/mol. The van der Waals surface area contributed by atoms with Crippen molar-refractivity contribution in [3.8, 4) is 0 Å². The maximum absolute atomic E-state index is 14.7. The molecule has 1 aromatic carbocycles. The predicted molar refractivity (Wildman–Crippen MR) is 125 cm³/mol. The molecule has 3 heterocycles. The van der Waals surface area contributed by atoms with E-state index in [1.165, 1.54) is 18.2 Å². The van der Waals surface area contributed by atoms with Gasteiger partial charge in [-0.15, -0.1) is 0 Å². The zero-order valence-electron chi connectivity index (χ0n) is 19.9. The third kappa shape index (κ3) is 5.67. The molecule has 36 heavy (non-hydrogen) atoms. The number of H-pyrrole nitrogens is 1. The monoisotopic (exact) mass is 505 g/mol. The fourth-order valence-electron chi connectivity index (χ4n) is 4.73. The van der Waals surface area contributed by atoms with Crippen LogP contribution in [0.2, 0.25) is 0 Å². The number of halogens is 4. The molecule has 3 N–H and O–H groups in total. The third-order valence-corrected chi connectivity index (χ3v) is 6.67. The quantitative estimate of drug-likeness (QED) is 0.377. The zero-order valence-corrected chi connectivity index (χ0v) is 19.9. The molecule has 2 atom stereocenters. The number of nitrogens with one attached hydrogen (secondary N) is 2. The van der Waals surface area contributed by atoms with Crippen LogP contribution in [0.15, 0.2) is 42.5 Å². The Labute approximate surface area is 205 Å². The number of carboxylic acid groups (broad SMARTS) is 1. The number of alkyl halides is 3. The molecule has 7 nitrogen and oxygen atoms in total. The second-order valence-corrected chi connectivity index (χ2v) is 9.42. The fourth-order valence-corrected chi connectivity index (χ4v) is 4.73. The van der Waals surface area contributed by atoms with Crippen molar-refractivity contribution in [2.24, 2.45) is 5.41 Å². The summed E-state index contributed by atoms with van der Waals surface area (Å²) in [5.74, 6) is -0.801. The molecule has 0 spiro atoms. The number of hydrogen-bond acceptors (Lipinski definition) is 5. The van der Waals surface area contributed by atoms with Crippen LogP contribution in [0.3, 0.4) is 0 Å². The lowest BCUT2D eigenvalue weighted by molar-refractivity contribution is -0.153. The lowest BCUT2D eigenvalue weighted by Gasteiger charge is -2.43. The Hall–Kier alpha value is -3.47. The van der Waals surface area contributed by atoms with E-state index in [9.17, 15) is 27.5 Å². The first-order valence-electron chi connectivity index (χ1n) is 11.5. The summed E-state index contributed by atoms with van der Waals surface area (Å²) >= 11 is 0. The molecule has 1 saturated heterocycles. The number of nitrogens with zero attached hydrogens (tertiary/aromatic N) is 3. The largest absolute Gasteiger partial charge is 0.481 e. The van der Waals surface area contributed by atoms with Gasteiger partial charge >= 0.3 is 12.1 Å². The molecule has 0 unspecified atom stereocenters. The maximum Gasteiger partial charge on any atom is 0.416 e. The highest BCUT2D eigenvalue weighted by Crippen LogP contribution is 2.39. The molecule has 11 heteroatoms. The van der Waals surface area contributed by atoms with Crippen molar-refractivity contribution in [2.75, 3.05) is 11.9 Å². The van der Waals surface area contributed by atoms with Gasteiger partial charge in [0.15, 0.2) is 5.82 Å². The molecule has 0 saturated carbocycles. The van der Waals surface area contributed by atoms with Gasteiger partial charge in [0.25, 0.3) is 0 Å². The van der Waals surface area contributed by atoms with Gasteiger partial charge in [0.1, 0.15) is 11.6 Å². The number of aliphatic carboxylic acids is 1. The maximum atomic E-state index is 14.7. The SMILES string of the molecule is Cc1cc(Nc2ccc(F)c(C[C@@]3(C(=O)O)CCN(Cc4cccc(C(F)(F)F)c4)[C@H](C)C3)n2)n[nH]1. The van der Waals surface area contributed by atoms with Crippen molar-refractivity contribution in [1.29, 1.82) is 0 Å². The van der Waals surface area contributed by atoms with Crippen LogP contribution in [-0.2, 0) is 23.9 Å². The van der Waals surface area contributed by atoms with E-state index >= 15 is 0 Å². The molecule has 0 bridgehead atoms. The highest BCUT2D eigenvalue weighted by atomic mass is 19.4. The Morgan fingerprint density at radius 3 is 2.67 bits per heavy atom. The number of hydrogen-bond donors (Lipinski definition) is 3. The molecule has 0 radical (unpaired) electrons. The number of rotatable bonds is 7. The van der Waals surface area contributed by atoms with Gasteiger partial charge in [0, 0.05) is 30.8 Å². The minimum absolute atomic E-state index is 0.0354. The van der Waals surface area contributed by atoms with Crippen LogP contribution in [0.5, 0.6) is 0 Å². The van der Waals surface area contributed by atoms with Gasteiger partial charge in [-0.05, 0) is 57.0 Å². The van der Waals surface area contributed by atoms with Gasteiger partial charge in [0.2, 0.25) is 0 Å². The van der Waals surface area contributed by atoms with Gasteiger partial charge in [0.05, 0.1) is 16.7 Å². The van der Waals surface area contributed by atoms with Gasteiger partial charge in [-0.3, -0.25) is 14.8 Å². The minimum atomic E-state index is -4.43. The van der Waals surface area contributed by atoms with E-state index in [4.69, 9.17) is 0 Å². The first-order chi connectivity index (χ1) is 16.9. The van der Waals surface area contributed by atoms with E-state index in [0.29, 0.717) is 23.7 Å². The topological polar surface area (TPSA) is 94.1 Å². The lowest BCUT2D eigenvalue weighted by atomic mass is 9.72. The van der Waals surface area contributed by atoms with E-state index in [1.807, 2.05) is 18.7 Å². The van der Waals surface area contributed by atoms with Crippen LogP contribution in [0.4, 0.5) is 29.2 Å². The van der Waals surface area contributed by atoms with Gasteiger partial charge < -0.3 is 10.4 Å². The van der Waals surface area contributed by atoms with E-state index in [-0.39, 0.29) is 37.5 Å². The summed E-state index contributed by atoms with van der Waals surface area (Å²) < 4.78 is 53.9. The van der Waals surface area contributed by atoms with E-state index in [2.05, 4.69) is 20.5 Å². The summed E-state index contributed by atoms with van der Waals surface area (Å²) in [6, 6.07) is 9.34. The number of pyridine rings is 1. The smallest absolute Gasteiger partial charge is 0.416 e. The Morgan fingerprint density at radius 1 is 1.25 bits per heavy atom. The standard InChI is InChI=1S/C25H27F4N5O2/c1-15-10-22(33-32-15)31-21-7-6-19(26)20(30-21)13-24(23(35)36)8-9-34(16(2)12-24)14-17-4-3-5-18(11-17)25(27,28)29/h3-7,10-11,16H,8-9,12-14H2,1-2H3,(H,35,36)(H2,30,31,32,33)/t16-,24-/m1/s1. The van der Waals surface area contributed by atoms with Crippen LogP contribution >= 0.6 is 0 Å². The molecule has 4 rings (SSSR count). The van der Waals surface area contributed by atoms with Gasteiger partial charge in [-0.25, -0.2) is 9.37 Å². The second-order valence-electron chi connectivity index (χ2n) is 9.42. The number of likely N-dealkylation sites (tertiary alicyclic amines) is 1. The summed E-state index contributed by atoms with van der Waals surface area (Å²) in [7, 11) is 0. The number of aryl methyl sites for hydroxylation is 1. The number of anilines is 2. The van der Waals surface area contributed by atoms with Crippen molar-refractivity contribution in [3.63, 3.8) is 0 Å². The number of benzene rings is 1. The highest BCUT2D eigenvalue weighted by molar-refractivity contribution is 5.75. The van der Waals surface area contributed by atoms with Crippen LogP contribution in [0.25, 0.3) is 0 Å². The second kappa shape index (κ2) is 9.88. The normalized spacial score (nSPS) is 20.9. The van der Waals surface area contributed by atoms with Crippen molar-refractivity contribution in [2.45, 2.75) is 51.9 Å². The van der Waals surface area contributed by atoms with Crippen LogP contribution in [-0.4, -0.2) is 43.7 Å². The summed E-state index contributed by atoms with van der Waals surface area (Å²) in [6.07, 6.45) is -4.12. The van der Waals surface area contributed by atoms with Crippen LogP contribution in [0.1, 0.15) is 42.3 Å². The third-order valence-electron chi connectivity index (χ3n) is 6.67. The molecule has 0 aliphatic carbocycles. The Morgan fingerprint density at radius 2 is 2.03 bits per heavy atom. The number of carboxylic acids is 1. The zero-order chi connectivity index (χ0) is 26.1.